The Hall–Kier alpha value is -4.54. The lowest BCUT2D eigenvalue weighted by Gasteiger charge is -2.14. The van der Waals surface area contributed by atoms with Gasteiger partial charge in [-0.25, -0.2) is 18.7 Å². The van der Waals surface area contributed by atoms with Crippen LogP contribution in [-0.2, 0) is 0 Å². The van der Waals surface area contributed by atoms with E-state index in [1.807, 2.05) is 0 Å². The summed E-state index contributed by atoms with van der Waals surface area (Å²) in [7, 11) is 2.92. The van der Waals surface area contributed by atoms with Crippen LogP contribution in [0.15, 0.2) is 42.7 Å². The van der Waals surface area contributed by atoms with Gasteiger partial charge in [-0.15, -0.1) is 0 Å². The highest BCUT2D eigenvalue weighted by atomic mass is 19.1. The highest BCUT2D eigenvalue weighted by molar-refractivity contribution is 6.01. The lowest BCUT2D eigenvalue weighted by atomic mass is 10.2. The number of rotatable bonds is 6. The van der Waals surface area contributed by atoms with E-state index in [4.69, 9.17) is 4.74 Å². The fourth-order valence-corrected chi connectivity index (χ4v) is 3.37. The summed E-state index contributed by atoms with van der Waals surface area (Å²) in [6, 6.07) is 8.76. The van der Waals surface area contributed by atoms with E-state index in [1.54, 1.807) is 31.2 Å². The molecule has 0 saturated carbocycles. The van der Waals surface area contributed by atoms with Crippen molar-refractivity contribution in [3.63, 3.8) is 0 Å². The van der Waals surface area contributed by atoms with Crippen molar-refractivity contribution in [3.05, 3.63) is 71.2 Å². The third-order valence-corrected chi connectivity index (χ3v) is 5.01. The molecular formula is C23H20F2N6O3. The zero-order chi connectivity index (χ0) is 24.4. The Bertz CT molecular complexity index is 1400. The summed E-state index contributed by atoms with van der Waals surface area (Å²) in [5, 5.41) is 7.96. The van der Waals surface area contributed by atoms with Gasteiger partial charge in [0.15, 0.2) is 23.2 Å². The zero-order valence-electron chi connectivity index (χ0n) is 18.4. The van der Waals surface area contributed by atoms with Gasteiger partial charge in [0.1, 0.15) is 11.9 Å². The molecule has 0 fully saturated rings. The van der Waals surface area contributed by atoms with Gasteiger partial charge in [0, 0.05) is 42.5 Å². The monoisotopic (exact) mass is 466 g/mol. The topological polar surface area (TPSA) is 121 Å². The van der Waals surface area contributed by atoms with E-state index in [2.05, 4.69) is 30.9 Å². The summed E-state index contributed by atoms with van der Waals surface area (Å²) >= 11 is 0. The predicted molar refractivity (Wildman–Crippen MR) is 122 cm³/mol. The van der Waals surface area contributed by atoms with E-state index in [9.17, 15) is 14.0 Å². The van der Waals surface area contributed by atoms with Crippen molar-refractivity contribution in [1.82, 2.24) is 25.6 Å². The van der Waals surface area contributed by atoms with Crippen LogP contribution in [0.1, 0.15) is 26.4 Å². The second-order valence-corrected chi connectivity index (χ2v) is 7.28. The first-order valence-corrected chi connectivity index (χ1v) is 10.1. The van der Waals surface area contributed by atoms with E-state index in [0.29, 0.717) is 16.9 Å². The average molecular weight is 466 g/mol. The van der Waals surface area contributed by atoms with E-state index < -0.39 is 23.3 Å². The maximum Gasteiger partial charge on any atom is 0.260 e. The third-order valence-electron chi connectivity index (χ3n) is 5.01. The van der Waals surface area contributed by atoms with Crippen LogP contribution in [0.2, 0.25) is 0 Å². The van der Waals surface area contributed by atoms with Crippen LogP contribution in [0.3, 0.4) is 0 Å². The Morgan fingerprint density at radius 3 is 2.38 bits per heavy atom. The fraction of sp³-hybridized carbons (Fsp3) is 0.130. The summed E-state index contributed by atoms with van der Waals surface area (Å²) in [5.41, 5.74) is 1.43. The minimum Gasteiger partial charge on any atom is -0.435 e. The molecule has 2 heterocycles. The molecule has 0 atom stereocenters. The lowest BCUT2D eigenvalue weighted by Crippen LogP contribution is -2.21. The second-order valence-electron chi connectivity index (χ2n) is 7.28. The van der Waals surface area contributed by atoms with Crippen LogP contribution in [0, 0.1) is 18.6 Å². The van der Waals surface area contributed by atoms with Gasteiger partial charge in [0.05, 0.1) is 5.52 Å². The molecule has 0 aliphatic carbocycles. The first-order chi connectivity index (χ1) is 16.3. The molecule has 2 aromatic heterocycles. The number of amides is 2. The van der Waals surface area contributed by atoms with Gasteiger partial charge in [0.2, 0.25) is 5.88 Å². The molecule has 0 bridgehead atoms. The number of halogens is 2. The Morgan fingerprint density at radius 1 is 1.00 bits per heavy atom. The maximum atomic E-state index is 15.0. The standard InChI is InChI=1S/C23H20F2N6O3/c1-11-8-14-18(25)16(9-15(24)19(14)30-11)34-23-17(22(33)27-3)20(28-10-29-23)31-13-6-4-12(5-7-13)21(32)26-2/h4-10,30H,1-3H3,(H,26,32)(H,27,33)(H,28,29,31). The van der Waals surface area contributed by atoms with Gasteiger partial charge in [-0.3, -0.25) is 9.59 Å². The van der Waals surface area contributed by atoms with Gasteiger partial charge in [-0.05, 0) is 37.3 Å². The molecule has 0 radical (unpaired) electrons. The van der Waals surface area contributed by atoms with Crippen LogP contribution in [0.5, 0.6) is 11.6 Å². The van der Waals surface area contributed by atoms with Crippen molar-refractivity contribution >= 4 is 34.2 Å². The number of aromatic nitrogens is 3. The van der Waals surface area contributed by atoms with E-state index in [0.717, 1.165) is 12.4 Å². The number of aryl methyl sites for hydroxylation is 1. The number of hydrogen-bond acceptors (Lipinski definition) is 6. The van der Waals surface area contributed by atoms with Gasteiger partial charge in [-0.1, -0.05) is 0 Å². The minimum absolute atomic E-state index is 0.0117. The largest absolute Gasteiger partial charge is 0.435 e. The number of benzene rings is 2. The number of fused-ring (bicyclic) bond motifs is 1. The fourth-order valence-electron chi connectivity index (χ4n) is 3.37. The van der Waals surface area contributed by atoms with Crippen molar-refractivity contribution in [2.45, 2.75) is 6.92 Å². The number of hydrogen-bond donors (Lipinski definition) is 4. The average Bonchev–Trinajstić information content (AvgIpc) is 3.24. The molecule has 0 aliphatic heterocycles. The van der Waals surface area contributed by atoms with Crippen LogP contribution >= 0.6 is 0 Å². The normalized spacial score (nSPS) is 10.7. The van der Waals surface area contributed by atoms with Crippen LogP contribution in [-0.4, -0.2) is 40.9 Å². The van der Waals surface area contributed by atoms with E-state index in [-0.39, 0.29) is 34.1 Å². The first-order valence-electron chi connectivity index (χ1n) is 10.1. The third kappa shape index (κ3) is 4.22. The molecule has 34 heavy (non-hydrogen) atoms. The minimum atomic E-state index is -0.804. The van der Waals surface area contributed by atoms with Gasteiger partial charge < -0.3 is 25.7 Å². The molecule has 2 amide bonds. The summed E-state index contributed by atoms with van der Waals surface area (Å²) < 4.78 is 35.1. The molecule has 9 nitrogen and oxygen atoms in total. The molecule has 11 heteroatoms. The highest BCUT2D eigenvalue weighted by Crippen LogP contribution is 2.34. The summed E-state index contributed by atoms with van der Waals surface area (Å²) in [5.74, 6) is -3.03. The van der Waals surface area contributed by atoms with Crippen molar-refractivity contribution in [3.8, 4) is 11.6 Å². The van der Waals surface area contributed by atoms with Crippen molar-refractivity contribution < 1.29 is 23.1 Å². The summed E-state index contributed by atoms with van der Waals surface area (Å²) in [4.78, 5) is 35.2. The molecule has 4 aromatic rings. The molecule has 174 valence electrons. The number of nitrogens with one attached hydrogen (secondary N) is 4. The van der Waals surface area contributed by atoms with Crippen LogP contribution in [0.25, 0.3) is 10.9 Å². The molecule has 0 unspecified atom stereocenters. The number of carbonyl (C=O) groups is 2. The van der Waals surface area contributed by atoms with Gasteiger partial charge in [-0.2, -0.15) is 0 Å². The number of anilines is 2. The molecule has 4 N–H and O–H groups in total. The smallest absolute Gasteiger partial charge is 0.260 e. The molecule has 0 spiro atoms. The zero-order valence-corrected chi connectivity index (χ0v) is 18.4. The quantitative estimate of drug-likeness (QED) is 0.343. The SMILES string of the molecule is CNC(=O)c1ccc(Nc2ncnc(Oc3cc(F)c4[nH]c(C)cc4c3F)c2C(=O)NC)cc1. The Labute approximate surface area is 192 Å². The van der Waals surface area contributed by atoms with Crippen molar-refractivity contribution in [1.29, 1.82) is 0 Å². The maximum absolute atomic E-state index is 15.0. The second kappa shape index (κ2) is 9.14. The van der Waals surface area contributed by atoms with Gasteiger partial charge in [0.25, 0.3) is 11.8 Å². The number of carbonyl (C=O) groups excluding carboxylic acids is 2. The Kier molecular flexibility index (Phi) is 6.09. The van der Waals surface area contributed by atoms with Crippen molar-refractivity contribution in [2.75, 3.05) is 19.4 Å². The van der Waals surface area contributed by atoms with Crippen molar-refractivity contribution in [2.24, 2.45) is 0 Å². The predicted octanol–water partition coefficient (Wildman–Crippen LogP) is 3.80. The summed E-state index contributed by atoms with van der Waals surface area (Å²) in [6.45, 7) is 1.67. The van der Waals surface area contributed by atoms with E-state index in [1.165, 1.54) is 20.2 Å². The summed E-state index contributed by atoms with van der Waals surface area (Å²) in [6.07, 6.45) is 1.12. The number of aromatic amines is 1. The number of H-pyrrole nitrogens is 1. The lowest BCUT2D eigenvalue weighted by molar-refractivity contribution is 0.0953. The highest BCUT2D eigenvalue weighted by Gasteiger charge is 2.23. The molecule has 2 aromatic carbocycles. The van der Waals surface area contributed by atoms with E-state index >= 15 is 4.39 Å². The molecule has 0 saturated heterocycles. The van der Waals surface area contributed by atoms with Crippen LogP contribution in [0.4, 0.5) is 20.3 Å². The molecule has 4 rings (SSSR count). The van der Waals surface area contributed by atoms with Gasteiger partial charge >= 0.3 is 0 Å². The molecular weight excluding hydrogens is 446 g/mol. The van der Waals surface area contributed by atoms with Crippen LogP contribution < -0.4 is 20.7 Å². The Morgan fingerprint density at radius 2 is 1.71 bits per heavy atom. The number of nitrogens with zero attached hydrogens (tertiary/aromatic N) is 2. The number of ether oxygens (including phenoxy) is 1. The first kappa shape index (κ1) is 22.6. The Balaban J connectivity index is 1.73. The molecule has 0 aliphatic rings.